The Hall–Kier alpha value is -4.74. The molecular weight excluding hydrogens is 648 g/mol. The van der Waals surface area contributed by atoms with Crippen LogP contribution in [0.15, 0.2) is 84.9 Å². The predicted octanol–water partition coefficient (Wildman–Crippen LogP) is 6.03. The molecule has 0 spiro atoms. The minimum Gasteiger partial charge on any atom is -0.493 e. The molecule has 4 atom stereocenters. The lowest BCUT2D eigenvalue weighted by Gasteiger charge is -2.39. The van der Waals surface area contributed by atoms with Crippen molar-refractivity contribution in [1.82, 2.24) is 10.2 Å². The fourth-order valence-electron chi connectivity index (χ4n) is 6.82. The molecule has 0 saturated carbocycles. The predicted molar refractivity (Wildman–Crippen MR) is 192 cm³/mol. The van der Waals surface area contributed by atoms with Gasteiger partial charge in [-0.1, -0.05) is 72.8 Å². The molecule has 1 fully saturated rings. The average Bonchev–Trinajstić information content (AvgIpc) is 3.16. The maximum atomic E-state index is 12.5. The van der Waals surface area contributed by atoms with Gasteiger partial charge in [-0.15, -0.1) is 0 Å². The molecule has 51 heavy (non-hydrogen) atoms. The summed E-state index contributed by atoms with van der Waals surface area (Å²) in [5.74, 6) is 0.630. The second-order valence-corrected chi connectivity index (χ2v) is 13.1. The van der Waals surface area contributed by atoms with Gasteiger partial charge in [-0.3, -0.25) is 14.5 Å². The van der Waals surface area contributed by atoms with Gasteiger partial charge in [0.2, 0.25) is 0 Å². The first kappa shape index (κ1) is 36.1. The zero-order valence-electron chi connectivity index (χ0n) is 29.6. The number of carbonyl (C=O) groups excluding carboxylic acids is 2. The maximum absolute atomic E-state index is 12.5. The van der Waals surface area contributed by atoms with E-state index in [1.54, 1.807) is 21.1 Å². The largest absolute Gasteiger partial charge is 0.493 e. The molecule has 0 unspecified atom stereocenters. The van der Waals surface area contributed by atoms with Crippen molar-refractivity contribution in [3.05, 3.63) is 118 Å². The molecule has 10 heteroatoms. The third-order valence-corrected chi connectivity index (χ3v) is 9.55. The second-order valence-electron chi connectivity index (χ2n) is 13.1. The summed E-state index contributed by atoms with van der Waals surface area (Å²) in [5, 5.41) is 12.5. The molecule has 4 aromatic rings. The zero-order valence-corrected chi connectivity index (χ0v) is 29.6. The highest BCUT2D eigenvalue weighted by Crippen LogP contribution is 2.40. The first-order chi connectivity index (χ1) is 24.7. The number of aliphatic hydroxyl groups is 1. The second kappa shape index (κ2) is 16.5. The molecule has 268 valence electrons. The molecule has 1 amide bonds. The van der Waals surface area contributed by atoms with E-state index in [0.29, 0.717) is 6.42 Å². The Morgan fingerprint density at radius 3 is 2.29 bits per heavy atom. The summed E-state index contributed by atoms with van der Waals surface area (Å²) in [4.78, 5) is 26.2. The van der Waals surface area contributed by atoms with Crippen molar-refractivity contribution in [2.24, 2.45) is 0 Å². The Bertz CT molecular complexity index is 1810. The highest BCUT2D eigenvalue weighted by atomic mass is 16.7. The van der Waals surface area contributed by atoms with Crippen molar-refractivity contribution in [3.8, 4) is 22.6 Å². The van der Waals surface area contributed by atoms with Gasteiger partial charge in [0.25, 0.3) is 5.91 Å². The van der Waals surface area contributed by atoms with Crippen LogP contribution >= 0.6 is 0 Å². The lowest BCUT2D eigenvalue weighted by Crippen LogP contribution is -2.41. The van der Waals surface area contributed by atoms with Crippen LogP contribution in [0.1, 0.15) is 66.0 Å². The summed E-state index contributed by atoms with van der Waals surface area (Å²) in [7, 11) is 3.33. The highest BCUT2D eigenvalue weighted by molar-refractivity contribution is 5.83. The smallest absolute Gasteiger partial charge is 0.303 e. The van der Waals surface area contributed by atoms with E-state index < -0.39 is 18.4 Å². The Kier molecular flexibility index (Phi) is 11.7. The molecule has 2 heterocycles. The average molecular weight is 695 g/mol. The number of aliphatic hydroxyl groups excluding tert-OH is 1. The summed E-state index contributed by atoms with van der Waals surface area (Å²) in [5.41, 5.74) is 8.21. The van der Waals surface area contributed by atoms with Crippen LogP contribution in [-0.2, 0) is 49.9 Å². The van der Waals surface area contributed by atoms with Gasteiger partial charge in [0.05, 0.1) is 33.0 Å². The van der Waals surface area contributed by atoms with Crippen LogP contribution in [0.3, 0.4) is 0 Å². The number of amides is 1. The van der Waals surface area contributed by atoms with E-state index >= 15 is 0 Å². The zero-order chi connectivity index (χ0) is 35.9. The molecule has 2 aliphatic rings. The van der Waals surface area contributed by atoms with Gasteiger partial charge in [-0.05, 0) is 64.4 Å². The lowest BCUT2D eigenvalue weighted by atomic mass is 9.96. The molecule has 0 aromatic heterocycles. The van der Waals surface area contributed by atoms with Crippen molar-refractivity contribution in [2.45, 2.75) is 71.0 Å². The fraction of sp³-hybridized carbons (Fsp3) is 0.366. The normalized spacial score (nSPS) is 19.4. The Morgan fingerprint density at radius 1 is 0.922 bits per heavy atom. The quantitative estimate of drug-likeness (QED) is 0.172. The van der Waals surface area contributed by atoms with Crippen LogP contribution in [0.5, 0.6) is 11.5 Å². The van der Waals surface area contributed by atoms with E-state index in [0.717, 1.165) is 70.9 Å². The summed E-state index contributed by atoms with van der Waals surface area (Å²) in [6.07, 6.45) is -0.140. The number of hydrogen-bond acceptors (Lipinski definition) is 9. The van der Waals surface area contributed by atoms with E-state index in [1.807, 2.05) is 72.8 Å². The molecule has 0 aliphatic carbocycles. The number of ether oxygens (including phenoxy) is 5. The molecule has 2 aliphatic heterocycles. The van der Waals surface area contributed by atoms with Crippen molar-refractivity contribution in [2.75, 3.05) is 27.3 Å². The van der Waals surface area contributed by atoms with Crippen molar-refractivity contribution in [3.63, 3.8) is 0 Å². The topological polar surface area (TPSA) is 116 Å². The van der Waals surface area contributed by atoms with Gasteiger partial charge < -0.3 is 34.1 Å². The molecule has 4 aromatic carbocycles. The standard InChI is InChI=1S/C41H46N2O8/c1-26(49-27(2)45)40(46)42-22-33-7-5-6-8-36(33)29-13-15-31(16-14-29)41-50-35(21-37(51-41)30-11-9-28(25-44)10-12-30)24-43-18-17-32-19-38(47-3)39(48-4)20-34(32)23-43/h5-16,19-20,26,35,37,41,44H,17-18,21-25H2,1-4H3,(H,42,46)/t26-,35+,37-,41-/m0/s1. The number of rotatable bonds is 12. The third kappa shape index (κ3) is 8.77. The summed E-state index contributed by atoms with van der Waals surface area (Å²) < 4.78 is 29.5. The summed E-state index contributed by atoms with van der Waals surface area (Å²) in [6.45, 7) is 5.54. The van der Waals surface area contributed by atoms with Gasteiger partial charge in [-0.2, -0.15) is 0 Å². The third-order valence-electron chi connectivity index (χ3n) is 9.55. The number of methoxy groups -OCH3 is 2. The van der Waals surface area contributed by atoms with Gasteiger partial charge in [0, 0.05) is 45.1 Å². The van der Waals surface area contributed by atoms with E-state index in [1.165, 1.54) is 18.1 Å². The highest BCUT2D eigenvalue weighted by Gasteiger charge is 2.34. The first-order valence-corrected chi connectivity index (χ1v) is 17.3. The first-order valence-electron chi connectivity index (χ1n) is 17.3. The van der Waals surface area contributed by atoms with Gasteiger partial charge >= 0.3 is 5.97 Å². The number of esters is 1. The molecule has 6 rings (SSSR count). The van der Waals surface area contributed by atoms with Crippen molar-refractivity contribution in [1.29, 1.82) is 0 Å². The van der Waals surface area contributed by atoms with E-state index in [9.17, 15) is 14.7 Å². The Morgan fingerprint density at radius 2 is 1.61 bits per heavy atom. The minimum atomic E-state index is -0.872. The Balaban J connectivity index is 1.19. The van der Waals surface area contributed by atoms with Gasteiger partial charge in [0.15, 0.2) is 23.9 Å². The molecule has 0 bridgehead atoms. The summed E-state index contributed by atoms with van der Waals surface area (Å²) >= 11 is 0. The summed E-state index contributed by atoms with van der Waals surface area (Å²) in [6, 6.07) is 28.1. The van der Waals surface area contributed by atoms with Crippen LogP contribution in [0.25, 0.3) is 11.1 Å². The number of hydrogen-bond donors (Lipinski definition) is 2. The monoisotopic (exact) mass is 694 g/mol. The van der Waals surface area contributed by atoms with Crippen LogP contribution in [0, 0.1) is 0 Å². The van der Waals surface area contributed by atoms with Crippen molar-refractivity contribution < 1.29 is 38.4 Å². The van der Waals surface area contributed by atoms with E-state index in [4.69, 9.17) is 23.7 Å². The number of carbonyl (C=O) groups is 2. The SMILES string of the molecule is COc1cc2c(cc1OC)CN(C[C@H]1C[C@@H](c3ccc(CO)cc3)O[C@@H](c3ccc(-c4ccccc4CNC(=O)[C@H](C)OC(C)=O)cc3)O1)CC2. The molecule has 2 N–H and O–H groups in total. The lowest BCUT2D eigenvalue weighted by molar-refractivity contribution is -0.253. The fourth-order valence-corrected chi connectivity index (χ4v) is 6.82. The van der Waals surface area contributed by atoms with Crippen molar-refractivity contribution >= 4 is 11.9 Å². The van der Waals surface area contributed by atoms with Crippen LogP contribution in [0.4, 0.5) is 0 Å². The molecule has 1 saturated heterocycles. The molecule has 0 radical (unpaired) electrons. The number of nitrogens with one attached hydrogen (secondary N) is 1. The van der Waals surface area contributed by atoms with Gasteiger partial charge in [-0.25, -0.2) is 0 Å². The molecular formula is C41H46N2O8. The van der Waals surface area contributed by atoms with E-state index in [-0.39, 0.29) is 31.3 Å². The maximum Gasteiger partial charge on any atom is 0.303 e. The molecule has 10 nitrogen and oxygen atoms in total. The van der Waals surface area contributed by atoms with Crippen LogP contribution in [0.2, 0.25) is 0 Å². The minimum absolute atomic E-state index is 0.0114. The number of fused-ring (bicyclic) bond motifs is 1. The van der Waals surface area contributed by atoms with E-state index in [2.05, 4.69) is 22.3 Å². The number of nitrogens with zero attached hydrogens (tertiary/aromatic N) is 1. The number of benzene rings is 4. The van der Waals surface area contributed by atoms with Gasteiger partial charge in [0.1, 0.15) is 0 Å². The Labute approximate surface area is 299 Å². The van der Waals surface area contributed by atoms with Crippen LogP contribution < -0.4 is 14.8 Å². The van der Waals surface area contributed by atoms with Crippen LogP contribution in [-0.4, -0.2) is 61.4 Å².